The van der Waals surface area contributed by atoms with Crippen LogP contribution in [-0.2, 0) is 0 Å². The summed E-state index contributed by atoms with van der Waals surface area (Å²) in [6.07, 6.45) is 7.99. The van der Waals surface area contributed by atoms with Crippen LogP contribution in [0.4, 0.5) is 17.6 Å². The molecule has 6 nitrogen and oxygen atoms in total. The van der Waals surface area contributed by atoms with E-state index in [-0.39, 0.29) is 0 Å². The van der Waals surface area contributed by atoms with Crippen molar-refractivity contribution in [3.8, 4) is 0 Å². The molecule has 3 rings (SSSR count). The second-order valence-electron chi connectivity index (χ2n) is 6.27. The van der Waals surface area contributed by atoms with Gasteiger partial charge in [0.2, 0.25) is 5.95 Å². The maximum absolute atomic E-state index is 5.30. The highest BCUT2D eigenvalue weighted by Crippen LogP contribution is 2.26. The monoisotopic (exact) mass is 346 g/mol. The molecule has 0 spiro atoms. The minimum Gasteiger partial charge on any atom is -0.359 e. The highest BCUT2D eigenvalue weighted by atomic mass is 32.1. The summed E-state index contributed by atoms with van der Waals surface area (Å²) in [7, 11) is 0. The smallest absolute Gasteiger partial charge is 0.232 e. The van der Waals surface area contributed by atoms with Gasteiger partial charge < -0.3 is 20.4 Å². The predicted octanol–water partition coefficient (Wildman–Crippen LogP) is 2.54. The van der Waals surface area contributed by atoms with E-state index in [0.717, 1.165) is 37.8 Å². The zero-order valence-electron chi connectivity index (χ0n) is 14.1. The maximum Gasteiger partial charge on any atom is 0.232 e. The Bertz CT molecular complexity index is 578. The summed E-state index contributed by atoms with van der Waals surface area (Å²) in [5, 5.41) is 6.71. The molecule has 2 aliphatic rings. The number of aromatic nitrogens is 2. The first-order chi connectivity index (χ1) is 11.8. The lowest BCUT2D eigenvalue weighted by atomic mass is 10.1. The molecule has 2 saturated heterocycles. The molecule has 3 heterocycles. The van der Waals surface area contributed by atoms with E-state index in [1.807, 2.05) is 0 Å². The normalized spacial score (nSPS) is 17.7. The lowest BCUT2D eigenvalue weighted by molar-refractivity contribution is 0.573. The Kier molecular flexibility index (Phi) is 5.85. The SMILES string of the molecule is C=CCNC(=S)Nc1nc(N2CCCCC2)cc(N2CCCC2)n1. The quantitative estimate of drug-likeness (QED) is 0.628. The van der Waals surface area contributed by atoms with Crippen molar-refractivity contribution in [1.29, 1.82) is 0 Å². The van der Waals surface area contributed by atoms with Crippen molar-refractivity contribution in [2.75, 3.05) is 47.8 Å². The predicted molar refractivity (Wildman–Crippen MR) is 104 cm³/mol. The van der Waals surface area contributed by atoms with Gasteiger partial charge in [0.1, 0.15) is 11.6 Å². The molecule has 0 unspecified atom stereocenters. The standard InChI is InChI=1S/C17H26N6S/c1-2-8-18-17(24)21-16-19-14(22-9-4-3-5-10-22)13-15(20-16)23-11-6-7-12-23/h2,13H,1,3-12H2,(H2,18,19,20,21,24). The molecule has 24 heavy (non-hydrogen) atoms. The lowest BCUT2D eigenvalue weighted by Gasteiger charge is -2.29. The van der Waals surface area contributed by atoms with Gasteiger partial charge in [-0.1, -0.05) is 6.08 Å². The second kappa shape index (κ2) is 8.28. The van der Waals surface area contributed by atoms with Gasteiger partial charge in [-0.15, -0.1) is 6.58 Å². The van der Waals surface area contributed by atoms with E-state index < -0.39 is 0 Å². The summed E-state index contributed by atoms with van der Waals surface area (Å²) in [6, 6.07) is 2.13. The molecule has 0 aliphatic carbocycles. The van der Waals surface area contributed by atoms with E-state index >= 15 is 0 Å². The van der Waals surface area contributed by atoms with E-state index in [9.17, 15) is 0 Å². The second-order valence-corrected chi connectivity index (χ2v) is 6.68. The fraction of sp³-hybridized carbons (Fsp3) is 0.588. The zero-order valence-corrected chi connectivity index (χ0v) is 14.9. The third-order valence-corrected chi connectivity index (χ3v) is 4.69. The molecule has 130 valence electrons. The highest BCUT2D eigenvalue weighted by molar-refractivity contribution is 7.80. The van der Waals surface area contributed by atoms with Crippen molar-refractivity contribution in [3.63, 3.8) is 0 Å². The first-order valence-electron chi connectivity index (χ1n) is 8.81. The van der Waals surface area contributed by atoms with Gasteiger partial charge >= 0.3 is 0 Å². The Labute approximate surface area is 149 Å². The summed E-state index contributed by atoms with van der Waals surface area (Å²) in [5.41, 5.74) is 0. The molecule has 1 aromatic heterocycles. The van der Waals surface area contributed by atoms with Crippen LogP contribution in [0.1, 0.15) is 32.1 Å². The molecule has 0 radical (unpaired) electrons. The van der Waals surface area contributed by atoms with Gasteiger partial charge in [-0.05, 0) is 44.3 Å². The molecule has 1 aromatic rings. The van der Waals surface area contributed by atoms with Crippen LogP contribution in [0.15, 0.2) is 18.7 Å². The van der Waals surface area contributed by atoms with E-state index in [4.69, 9.17) is 17.2 Å². The number of anilines is 3. The van der Waals surface area contributed by atoms with Crippen molar-refractivity contribution >= 4 is 34.9 Å². The molecular formula is C17H26N6S. The summed E-state index contributed by atoms with van der Waals surface area (Å²) < 4.78 is 0. The van der Waals surface area contributed by atoms with Crippen molar-refractivity contribution in [2.24, 2.45) is 0 Å². The fourth-order valence-corrected chi connectivity index (χ4v) is 3.36. The van der Waals surface area contributed by atoms with Crippen LogP contribution in [0.3, 0.4) is 0 Å². The average Bonchev–Trinajstić information content (AvgIpc) is 3.15. The Morgan fingerprint density at radius 2 is 1.58 bits per heavy atom. The average molecular weight is 347 g/mol. The van der Waals surface area contributed by atoms with E-state index in [2.05, 4.69) is 38.1 Å². The Morgan fingerprint density at radius 3 is 2.12 bits per heavy atom. The van der Waals surface area contributed by atoms with Gasteiger partial charge in [-0.2, -0.15) is 9.97 Å². The molecule has 2 aliphatic heterocycles. The number of nitrogens with one attached hydrogen (secondary N) is 2. The van der Waals surface area contributed by atoms with Gasteiger partial charge in [0.25, 0.3) is 0 Å². The van der Waals surface area contributed by atoms with Gasteiger partial charge in [0.15, 0.2) is 5.11 Å². The third kappa shape index (κ3) is 4.35. The number of nitrogens with zero attached hydrogens (tertiary/aromatic N) is 4. The third-order valence-electron chi connectivity index (χ3n) is 4.44. The number of thiocarbonyl (C=S) groups is 1. The highest BCUT2D eigenvalue weighted by Gasteiger charge is 2.19. The summed E-state index contributed by atoms with van der Waals surface area (Å²) in [5.74, 6) is 2.57. The molecule has 7 heteroatoms. The molecular weight excluding hydrogens is 320 g/mol. The molecule has 2 fully saturated rings. The van der Waals surface area contributed by atoms with Gasteiger partial charge in [0.05, 0.1) is 0 Å². The number of rotatable bonds is 5. The van der Waals surface area contributed by atoms with Crippen LogP contribution in [0.25, 0.3) is 0 Å². The van der Waals surface area contributed by atoms with Crippen LogP contribution in [0.5, 0.6) is 0 Å². The molecule has 0 atom stereocenters. The molecule has 2 N–H and O–H groups in total. The van der Waals surface area contributed by atoms with Crippen molar-refractivity contribution in [3.05, 3.63) is 18.7 Å². The van der Waals surface area contributed by atoms with Crippen LogP contribution in [0, 0.1) is 0 Å². The van der Waals surface area contributed by atoms with Crippen LogP contribution >= 0.6 is 12.2 Å². The fourth-order valence-electron chi connectivity index (χ4n) is 3.18. The Balaban J connectivity index is 1.81. The summed E-state index contributed by atoms with van der Waals surface area (Å²) >= 11 is 5.30. The van der Waals surface area contributed by atoms with E-state index in [0.29, 0.717) is 17.6 Å². The molecule has 0 amide bonds. The van der Waals surface area contributed by atoms with Crippen molar-refractivity contribution < 1.29 is 0 Å². The number of piperidine rings is 1. The Hall–Kier alpha value is -1.89. The van der Waals surface area contributed by atoms with Gasteiger partial charge in [0, 0.05) is 38.8 Å². The maximum atomic E-state index is 5.30. The van der Waals surface area contributed by atoms with Crippen molar-refractivity contribution in [2.45, 2.75) is 32.1 Å². The minimum atomic E-state index is 0.526. The summed E-state index contributed by atoms with van der Waals surface area (Å²) in [6.45, 7) is 8.57. The molecule has 0 bridgehead atoms. The summed E-state index contributed by atoms with van der Waals surface area (Å²) in [4.78, 5) is 14.1. The first kappa shape index (κ1) is 17.0. The molecule has 0 saturated carbocycles. The van der Waals surface area contributed by atoms with Gasteiger partial charge in [-0.3, -0.25) is 0 Å². The first-order valence-corrected chi connectivity index (χ1v) is 9.22. The zero-order chi connectivity index (χ0) is 16.8. The van der Waals surface area contributed by atoms with Crippen LogP contribution < -0.4 is 20.4 Å². The van der Waals surface area contributed by atoms with E-state index in [1.165, 1.54) is 32.1 Å². The Morgan fingerprint density at radius 1 is 1.04 bits per heavy atom. The largest absolute Gasteiger partial charge is 0.359 e. The van der Waals surface area contributed by atoms with Crippen LogP contribution in [-0.4, -0.2) is 47.8 Å². The van der Waals surface area contributed by atoms with E-state index in [1.54, 1.807) is 6.08 Å². The van der Waals surface area contributed by atoms with Crippen LogP contribution in [0.2, 0.25) is 0 Å². The number of hydrogen-bond acceptors (Lipinski definition) is 5. The molecule has 0 aromatic carbocycles. The van der Waals surface area contributed by atoms with Crippen molar-refractivity contribution in [1.82, 2.24) is 15.3 Å². The topological polar surface area (TPSA) is 56.3 Å². The number of hydrogen-bond donors (Lipinski definition) is 2. The van der Waals surface area contributed by atoms with Gasteiger partial charge in [-0.25, -0.2) is 0 Å². The minimum absolute atomic E-state index is 0.526. The lowest BCUT2D eigenvalue weighted by Crippen LogP contribution is -2.32.